The van der Waals surface area contributed by atoms with Crippen molar-refractivity contribution in [1.82, 2.24) is 10.6 Å². The van der Waals surface area contributed by atoms with Crippen molar-refractivity contribution in [3.8, 4) is 0 Å². The molecule has 1 aliphatic heterocycles. The molecule has 0 atom stereocenters. The molecule has 2 N–H and O–H groups in total. The fourth-order valence-electron chi connectivity index (χ4n) is 4.10. The highest BCUT2D eigenvalue weighted by molar-refractivity contribution is 6.30. The number of rotatable bonds is 2. The molecule has 0 unspecified atom stereocenters. The van der Waals surface area contributed by atoms with Crippen LogP contribution < -0.4 is 10.6 Å². The van der Waals surface area contributed by atoms with Gasteiger partial charge in [-0.15, -0.1) is 12.4 Å². The van der Waals surface area contributed by atoms with Crippen molar-refractivity contribution in [3.05, 3.63) is 34.9 Å². The maximum atomic E-state index is 5.97. The monoisotopic (exact) mass is 383 g/mol. The van der Waals surface area contributed by atoms with Gasteiger partial charge in [0, 0.05) is 18.1 Å². The molecule has 0 saturated heterocycles. The fraction of sp³-hybridized carbons (Fsp3) is 0.650. The van der Waals surface area contributed by atoms with Crippen molar-refractivity contribution >= 4 is 29.8 Å². The third-order valence-electron chi connectivity index (χ3n) is 5.74. The number of hydrogen-bond donors (Lipinski definition) is 2. The van der Waals surface area contributed by atoms with Crippen LogP contribution in [0.3, 0.4) is 0 Å². The Morgan fingerprint density at radius 2 is 1.84 bits per heavy atom. The minimum atomic E-state index is 0. The molecule has 0 aromatic heterocycles. The van der Waals surface area contributed by atoms with Crippen molar-refractivity contribution < 1.29 is 0 Å². The summed E-state index contributed by atoms with van der Waals surface area (Å²) in [4.78, 5) is 4.84. The summed E-state index contributed by atoms with van der Waals surface area (Å²) in [6.45, 7) is 9.79. The van der Waals surface area contributed by atoms with Gasteiger partial charge >= 0.3 is 0 Å². The Bertz CT molecular complexity index is 582. The quantitative estimate of drug-likeness (QED) is 0.766. The van der Waals surface area contributed by atoms with Crippen LogP contribution in [0.25, 0.3) is 0 Å². The van der Waals surface area contributed by atoms with E-state index >= 15 is 0 Å². The summed E-state index contributed by atoms with van der Waals surface area (Å²) in [6, 6.07) is 8.05. The molecule has 0 radical (unpaired) electrons. The summed E-state index contributed by atoms with van der Waals surface area (Å²) >= 11 is 5.97. The van der Waals surface area contributed by atoms with Crippen LogP contribution in [0.15, 0.2) is 29.3 Å². The molecule has 3 nitrogen and oxygen atoms in total. The number of halogens is 2. The molecule has 0 amide bonds. The number of nitrogens with one attached hydrogen (secondary N) is 2. The molecular weight excluding hydrogens is 353 g/mol. The third kappa shape index (κ3) is 4.90. The highest BCUT2D eigenvalue weighted by atomic mass is 35.5. The van der Waals surface area contributed by atoms with Crippen molar-refractivity contribution in [3.63, 3.8) is 0 Å². The van der Waals surface area contributed by atoms with E-state index in [0.29, 0.717) is 5.41 Å². The molecule has 1 saturated carbocycles. The topological polar surface area (TPSA) is 36.4 Å². The summed E-state index contributed by atoms with van der Waals surface area (Å²) in [5.74, 6) is 1.97. The zero-order chi connectivity index (χ0) is 17.2. The van der Waals surface area contributed by atoms with E-state index in [4.69, 9.17) is 16.6 Å². The van der Waals surface area contributed by atoms with E-state index in [0.717, 1.165) is 36.4 Å². The second-order valence-electron chi connectivity index (χ2n) is 8.36. The molecule has 140 valence electrons. The van der Waals surface area contributed by atoms with Crippen LogP contribution in [0, 0.1) is 11.3 Å². The average Bonchev–Trinajstić information content (AvgIpc) is 2.55. The van der Waals surface area contributed by atoms with Crippen LogP contribution >= 0.6 is 24.0 Å². The molecular formula is C20H31Cl2N3. The van der Waals surface area contributed by atoms with Crippen LogP contribution in [0.4, 0.5) is 0 Å². The zero-order valence-corrected chi connectivity index (χ0v) is 17.1. The van der Waals surface area contributed by atoms with Crippen LogP contribution in [-0.2, 0) is 6.54 Å². The first kappa shape index (κ1) is 20.5. The van der Waals surface area contributed by atoms with Crippen molar-refractivity contribution in [2.45, 2.75) is 58.5 Å². The Hall–Kier alpha value is -0.770. The van der Waals surface area contributed by atoms with E-state index in [1.165, 1.54) is 31.2 Å². The molecule has 1 aromatic rings. The van der Waals surface area contributed by atoms with Gasteiger partial charge in [-0.25, -0.2) is 0 Å². The summed E-state index contributed by atoms with van der Waals surface area (Å²) in [5.41, 5.74) is 1.71. The van der Waals surface area contributed by atoms with E-state index in [1.54, 1.807) is 0 Å². The first-order valence-electron chi connectivity index (χ1n) is 9.17. The Labute approximate surface area is 163 Å². The largest absolute Gasteiger partial charge is 0.368 e. The van der Waals surface area contributed by atoms with Gasteiger partial charge in [0.05, 0.1) is 12.1 Å². The molecule has 5 heteroatoms. The molecule has 1 aliphatic carbocycles. The van der Waals surface area contributed by atoms with Gasteiger partial charge in [0.25, 0.3) is 0 Å². The normalized spacial score (nSPS) is 26.7. The van der Waals surface area contributed by atoms with Crippen LogP contribution in [-0.4, -0.2) is 24.5 Å². The molecule has 1 aromatic carbocycles. The van der Waals surface area contributed by atoms with Gasteiger partial charge in [0.15, 0.2) is 0 Å². The first-order valence-corrected chi connectivity index (χ1v) is 9.55. The molecule has 2 aliphatic rings. The predicted molar refractivity (Wildman–Crippen MR) is 110 cm³/mol. The first-order chi connectivity index (χ1) is 11.4. The number of amidine groups is 1. The summed E-state index contributed by atoms with van der Waals surface area (Å²) in [6.07, 6.45) is 4.92. The van der Waals surface area contributed by atoms with Crippen LogP contribution in [0.2, 0.25) is 5.02 Å². The lowest BCUT2D eigenvalue weighted by atomic mass is 9.66. The lowest BCUT2D eigenvalue weighted by molar-refractivity contribution is 0.139. The minimum absolute atomic E-state index is 0. The number of benzene rings is 1. The van der Waals surface area contributed by atoms with Crippen molar-refractivity contribution in [1.29, 1.82) is 0 Å². The molecule has 25 heavy (non-hydrogen) atoms. The molecule has 1 fully saturated rings. The van der Waals surface area contributed by atoms with Gasteiger partial charge in [-0.05, 0) is 54.7 Å². The Balaban J connectivity index is 0.00000225. The maximum Gasteiger partial charge on any atom is 0.117 e. The summed E-state index contributed by atoms with van der Waals surface area (Å²) < 4.78 is 0. The highest BCUT2D eigenvalue weighted by Gasteiger charge is 2.42. The van der Waals surface area contributed by atoms with Gasteiger partial charge in [-0.2, -0.15) is 0 Å². The van der Waals surface area contributed by atoms with Crippen LogP contribution in [0.1, 0.15) is 52.0 Å². The van der Waals surface area contributed by atoms with E-state index < -0.39 is 0 Å². The Kier molecular flexibility index (Phi) is 6.80. The van der Waals surface area contributed by atoms with Gasteiger partial charge < -0.3 is 10.6 Å². The van der Waals surface area contributed by atoms with E-state index in [-0.39, 0.29) is 17.9 Å². The number of nitrogens with zero attached hydrogens (tertiary/aromatic N) is 1. The fourth-order valence-corrected chi connectivity index (χ4v) is 4.23. The maximum absolute atomic E-state index is 5.97. The minimum Gasteiger partial charge on any atom is -0.368 e. The van der Waals surface area contributed by atoms with Gasteiger partial charge in [-0.3, -0.25) is 4.99 Å². The number of aliphatic imine (C=N–C) groups is 1. The lowest BCUT2D eigenvalue weighted by Crippen LogP contribution is -2.61. The van der Waals surface area contributed by atoms with Crippen molar-refractivity contribution in [2.75, 3.05) is 13.1 Å². The van der Waals surface area contributed by atoms with E-state index in [1.807, 2.05) is 12.1 Å². The average molecular weight is 384 g/mol. The second kappa shape index (κ2) is 8.28. The molecule has 1 spiro atoms. The standard InChI is InChI=1S/C20H30ClN3.ClH/c1-19(2,3)16-8-10-20(11-9-16)18(22-12-13-24-20)23-14-15-4-6-17(21)7-5-15;/h4-7,16,24H,8-14H2,1-3H3,(H,22,23);1H. The summed E-state index contributed by atoms with van der Waals surface area (Å²) in [7, 11) is 0. The van der Waals surface area contributed by atoms with Crippen LogP contribution in [0.5, 0.6) is 0 Å². The molecule has 1 heterocycles. The second-order valence-corrected chi connectivity index (χ2v) is 8.80. The zero-order valence-electron chi connectivity index (χ0n) is 15.6. The van der Waals surface area contributed by atoms with Gasteiger partial charge in [-0.1, -0.05) is 44.5 Å². The smallest absolute Gasteiger partial charge is 0.117 e. The van der Waals surface area contributed by atoms with E-state index in [2.05, 4.69) is 43.5 Å². The SMILES string of the molecule is CC(C)(C)C1CCC2(CC1)NCCN=C2NCc1ccc(Cl)cc1.Cl. The Morgan fingerprint density at radius 1 is 1.20 bits per heavy atom. The number of hydrogen-bond acceptors (Lipinski definition) is 3. The van der Waals surface area contributed by atoms with E-state index in [9.17, 15) is 0 Å². The highest BCUT2D eigenvalue weighted by Crippen LogP contribution is 2.42. The van der Waals surface area contributed by atoms with Crippen molar-refractivity contribution in [2.24, 2.45) is 16.3 Å². The molecule has 0 bridgehead atoms. The van der Waals surface area contributed by atoms with Gasteiger partial charge in [0.2, 0.25) is 0 Å². The molecule has 3 rings (SSSR count). The third-order valence-corrected chi connectivity index (χ3v) is 5.99. The van der Waals surface area contributed by atoms with Gasteiger partial charge in [0.1, 0.15) is 5.84 Å². The predicted octanol–water partition coefficient (Wildman–Crippen LogP) is 4.83. The lowest BCUT2D eigenvalue weighted by Gasteiger charge is -2.46. The Morgan fingerprint density at radius 3 is 2.44 bits per heavy atom. The summed E-state index contributed by atoms with van der Waals surface area (Å²) in [5, 5.41) is 8.19.